The highest BCUT2D eigenvalue weighted by atomic mass is 35.5. The maximum absolute atomic E-state index is 10.5. The maximum Gasteiger partial charge on any atom is 0.324 e. The summed E-state index contributed by atoms with van der Waals surface area (Å²) in [5, 5.41) is 10.2. The van der Waals surface area contributed by atoms with Crippen LogP contribution in [0.15, 0.2) is 6.07 Å². The second-order valence-electron chi connectivity index (χ2n) is 2.42. The third-order valence-electron chi connectivity index (χ3n) is 1.43. The van der Waals surface area contributed by atoms with E-state index in [1.165, 1.54) is 13.2 Å². The first-order valence-corrected chi connectivity index (χ1v) is 4.30. The number of nitrogens with zero attached hydrogens (tertiary/aromatic N) is 2. The van der Waals surface area contributed by atoms with Crippen molar-refractivity contribution in [2.45, 2.75) is 6.61 Å². The highest BCUT2D eigenvalue weighted by Gasteiger charge is 2.20. The summed E-state index contributed by atoms with van der Waals surface area (Å²) < 4.78 is 4.79. The van der Waals surface area contributed by atoms with E-state index < -0.39 is 4.92 Å². The predicted octanol–water partition coefficient (Wildman–Crippen LogP) is 2.44. The van der Waals surface area contributed by atoms with Crippen molar-refractivity contribution in [1.29, 1.82) is 0 Å². The van der Waals surface area contributed by atoms with E-state index in [1.54, 1.807) is 0 Å². The van der Waals surface area contributed by atoms with Gasteiger partial charge in [0, 0.05) is 7.11 Å². The van der Waals surface area contributed by atoms with E-state index in [2.05, 4.69) is 4.98 Å². The van der Waals surface area contributed by atoms with Gasteiger partial charge in [-0.2, -0.15) is 0 Å². The molecule has 76 valence electrons. The molecule has 7 heteroatoms. The van der Waals surface area contributed by atoms with Crippen LogP contribution in [0, 0.1) is 10.1 Å². The second-order valence-corrected chi connectivity index (χ2v) is 3.19. The molecule has 0 N–H and O–H groups in total. The lowest BCUT2D eigenvalue weighted by Gasteiger charge is -2.01. The second kappa shape index (κ2) is 4.54. The molecule has 0 spiro atoms. The molecule has 0 aliphatic heterocycles. The van der Waals surface area contributed by atoms with Crippen LogP contribution in [0.2, 0.25) is 10.2 Å². The minimum Gasteiger partial charge on any atom is -0.378 e. The fourth-order valence-corrected chi connectivity index (χ4v) is 1.52. The third kappa shape index (κ3) is 2.31. The average molecular weight is 237 g/mol. The minimum atomic E-state index is -0.672. The molecule has 0 aliphatic rings. The Labute approximate surface area is 89.8 Å². The zero-order chi connectivity index (χ0) is 10.7. The Morgan fingerprint density at radius 3 is 2.71 bits per heavy atom. The van der Waals surface area contributed by atoms with E-state index in [4.69, 9.17) is 27.9 Å². The highest BCUT2D eigenvalue weighted by molar-refractivity contribution is 6.37. The number of hydrogen-bond acceptors (Lipinski definition) is 4. The lowest BCUT2D eigenvalue weighted by molar-refractivity contribution is -0.384. The maximum atomic E-state index is 10.5. The van der Waals surface area contributed by atoms with Crippen LogP contribution in [0.1, 0.15) is 5.69 Å². The summed E-state index contributed by atoms with van der Waals surface area (Å²) in [5.74, 6) is 0. The van der Waals surface area contributed by atoms with Crippen LogP contribution in [0.4, 0.5) is 5.69 Å². The molecule has 0 saturated heterocycles. The molecule has 14 heavy (non-hydrogen) atoms. The normalized spacial score (nSPS) is 10.2. The van der Waals surface area contributed by atoms with Gasteiger partial charge >= 0.3 is 5.69 Å². The zero-order valence-electron chi connectivity index (χ0n) is 7.16. The van der Waals surface area contributed by atoms with Crippen molar-refractivity contribution in [3.05, 3.63) is 32.1 Å². The fraction of sp³-hybridized carbons (Fsp3) is 0.286. The number of hydrogen-bond donors (Lipinski definition) is 0. The smallest absolute Gasteiger partial charge is 0.324 e. The van der Waals surface area contributed by atoms with Gasteiger partial charge in [0.2, 0.25) is 5.15 Å². The van der Waals surface area contributed by atoms with Gasteiger partial charge in [-0.05, 0) is 6.07 Å². The standard InChI is InChI=1S/C7H6Cl2N2O3/c1-14-3-4-2-5(8)6(11(12)13)7(9)10-4/h2H,3H2,1H3. The minimum absolute atomic E-state index is 0.0398. The third-order valence-corrected chi connectivity index (χ3v) is 1.98. The largest absolute Gasteiger partial charge is 0.378 e. The molecule has 0 unspecified atom stereocenters. The Hall–Kier alpha value is -0.910. The molecule has 0 fully saturated rings. The van der Waals surface area contributed by atoms with Crippen molar-refractivity contribution in [2.75, 3.05) is 7.11 Å². The van der Waals surface area contributed by atoms with Gasteiger partial charge in [0.05, 0.1) is 17.2 Å². The quantitative estimate of drug-likeness (QED) is 0.460. The van der Waals surface area contributed by atoms with Crippen LogP contribution in [0.3, 0.4) is 0 Å². The van der Waals surface area contributed by atoms with Crippen LogP contribution in [-0.2, 0) is 11.3 Å². The van der Waals surface area contributed by atoms with E-state index in [9.17, 15) is 10.1 Å². The summed E-state index contributed by atoms with van der Waals surface area (Å²) in [6.07, 6.45) is 0. The molecule has 0 saturated carbocycles. The van der Waals surface area contributed by atoms with E-state index in [-0.39, 0.29) is 22.5 Å². The van der Waals surface area contributed by atoms with Crippen LogP contribution in [0.5, 0.6) is 0 Å². The van der Waals surface area contributed by atoms with Crippen LogP contribution in [-0.4, -0.2) is 17.0 Å². The van der Waals surface area contributed by atoms with Crippen molar-refractivity contribution in [3.63, 3.8) is 0 Å². The first-order valence-electron chi connectivity index (χ1n) is 3.54. The monoisotopic (exact) mass is 236 g/mol. The van der Waals surface area contributed by atoms with Crippen molar-refractivity contribution in [3.8, 4) is 0 Å². The Balaban J connectivity index is 3.18. The summed E-state index contributed by atoms with van der Waals surface area (Å²) in [7, 11) is 1.48. The molecule has 0 radical (unpaired) electrons. The van der Waals surface area contributed by atoms with Crippen molar-refractivity contribution < 1.29 is 9.66 Å². The molecule has 1 aromatic heterocycles. The number of rotatable bonds is 3. The van der Waals surface area contributed by atoms with E-state index in [1.807, 2.05) is 0 Å². The Morgan fingerprint density at radius 2 is 2.29 bits per heavy atom. The molecule has 5 nitrogen and oxygen atoms in total. The Morgan fingerprint density at radius 1 is 1.64 bits per heavy atom. The summed E-state index contributed by atoms with van der Waals surface area (Å²) in [4.78, 5) is 13.6. The number of halogens is 2. The molecule has 0 amide bonds. The molecule has 0 atom stereocenters. The predicted molar refractivity (Wildman–Crippen MR) is 51.6 cm³/mol. The van der Waals surface area contributed by atoms with Gasteiger partial charge in [-0.15, -0.1) is 0 Å². The fourth-order valence-electron chi connectivity index (χ4n) is 0.909. The zero-order valence-corrected chi connectivity index (χ0v) is 8.67. The number of ether oxygens (including phenoxy) is 1. The van der Waals surface area contributed by atoms with E-state index >= 15 is 0 Å². The van der Waals surface area contributed by atoms with Crippen molar-refractivity contribution >= 4 is 28.9 Å². The average Bonchev–Trinajstić information content (AvgIpc) is 2.01. The first kappa shape index (κ1) is 11.2. The number of nitro groups is 1. The molecule has 0 aliphatic carbocycles. The Bertz CT molecular complexity index is 347. The summed E-state index contributed by atoms with van der Waals surface area (Å²) in [5.41, 5.74) is 0.0706. The summed E-state index contributed by atoms with van der Waals surface area (Å²) >= 11 is 11.2. The van der Waals surface area contributed by atoms with E-state index in [0.717, 1.165) is 0 Å². The van der Waals surface area contributed by atoms with E-state index in [0.29, 0.717) is 5.69 Å². The van der Waals surface area contributed by atoms with Crippen molar-refractivity contribution in [2.24, 2.45) is 0 Å². The van der Waals surface area contributed by atoms with Gasteiger partial charge in [0.25, 0.3) is 0 Å². The molecule has 1 aromatic rings. The van der Waals surface area contributed by atoms with Gasteiger partial charge in [-0.3, -0.25) is 10.1 Å². The first-order chi connectivity index (χ1) is 6.56. The molecule has 1 heterocycles. The molecule has 0 aromatic carbocycles. The van der Waals surface area contributed by atoms with Crippen LogP contribution in [0.25, 0.3) is 0 Å². The molecular formula is C7H6Cl2N2O3. The number of pyridine rings is 1. The SMILES string of the molecule is COCc1cc(Cl)c([N+](=O)[O-])c(Cl)n1. The van der Waals surface area contributed by atoms with Gasteiger partial charge in [0.1, 0.15) is 5.02 Å². The van der Waals surface area contributed by atoms with Gasteiger partial charge in [-0.1, -0.05) is 23.2 Å². The molecule has 0 bridgehead atoms. The van der Waals surface area contributed by atoms with Gasteiger partial charge < -0.3 is 4.74 Å². The summed E-state index contributed by atoms with van der Waals surface area (Å²) in [6, 6.07) is 1.36. The van der Waals surface area contributed by atoms with Crippen molar-refractivity contribution in [1.82, 2.24) is 4.98 Å². The lowest BCUT2D eigenvalue weighted by atomic mass is 10.3. The van der Waals surface area contributed by atoms with Crippen LogP contribution >= 0.6 is 23.2 Å². The molecule has 1 rings (SSSR count). The Kier molecular flexibility index (Phi) is 3.62. The van der Waals surface area contributed by atoms with Gasteiger partial charge in [0.15, 0.2) is 0 Å². The molecular weight excluding hydrogens is 231 g/mol. The van der Waals surface area contributed by atoms with Crippen LogP contribution < -0.4 is 0 Å². The van der Waals surface area contributed by atoms with Gasteiger partial charge in [-0.25, -0.2) is 4.98 Å². The highest BCUT2D eigenvalue weighted by Crippen LogP contribution is 2.31. The number of methoxy groups -OCH3 is 1. The summed E-state index contributed by atoms with van der Waals surface area (Å²) in [6.45, 7) is 0.206. The topological polar surface area (TPSA) is 65.3 Å². The lowest BCUT2D eigenvalue weighted by Crippen LogP contribution is -1.97. The number of aromatic nitrogens is 1.